The van der Waals surface area contributed by atoms with E-state index in [0.29, 0.717) is 49.1 Å². The SMILES string of the molecule is Cc1ccc(S(=O)(=O)ON(CCn2ccc3ncnc(Nc4ccc(Oc5cccc(Cl)c5)c(Cl)c4)c32)C(=O)C(C)(C)S(C)(=O)=O)cc1.O. The van der Waals surface area contributed by atoms with Crippen LogP contribution >= 0.6 is 23.2 Å². The molecule has 0 atom stereocenters. The number of hydrogen-bond acceptors (Lipinski definition) is 10. The van der Waals surface area contributed by atoms with Crippen LogP contribution in [0.4, 0.5) is 11.5 Å². The van der Waals surface area contributed by atoms with Crippen LogP contribution in [0.1, 0.15) is 19.4 Å². The Hall–Kier alpha value is -4.25. The molecule has 0 aliphatic rings. The van der Waals surface area contributed by atoms with E-state index in [1.165, 1.54) is 32.3 Å². The number of nitrogens with zero attached hydrogens (tertiary/aromatic N) is 4. The molecular weight excluding hydrogens is 717 g/mol. The van der Waals surface area contributed by atoms with Crippen molar-refractivity contribution < 1.29 is 36.1 Å². The molecule has 0 saturated carbocycles. The summed E-state index contributed by atoms with van der Waals surface area (Å²) in [7, 11) is -8.48. The van der Waals surface area contributed by atoms with Gasteiger partial charge >= 0.3 is 10.1 Å². The van der Waals surface area contributed by atoms with Crippen LogP contribution in [0.3, 0.4) is 0 Å². The fourth-order valence-electron chi connectivity index (χ4n) is 4.46. The van der Waals surface area contributed by atoms with Gasteiger partial charge in [0.1, 0.15) is 28.1 Å². The Bertz CT molecular complexity index is 2210. The first-order chi connectivity index (χ1) is 22.5. The molecule has 0 aliphatic heterocycles. The highest BCUT2D eigenvalue weighted by Gasteiger charge is 2.43. The van der Waals surface area contributed by atoms with Gasteiger partial charge in [0, 0.05) is 29.7 Å². The predicted molar refractivity (Wildman–Crippen MR) is 187 cm³/mol. The van der Waals surface area contributed by atoms with Crippen LogP contribution < -0.4 is 10.1 Å². The van der Waals surface area contributed by atoms with Crippen molar-refractivity contribution in [2.24, 2.45) is 0 Å². The second-order valence-corrected chi connectivity index (χ2v) is 16.3. The van der Waals surface area contributed by atoms with E-state index in [-0.39, 0.29) is 23.5 Å². The zero-order valence-electron chi connectivity index (χ0n) is 26.7. The van der Waals surface area contributed by atoms with Gasteiger partial charge < -0.3 is 20.1 Å². The lowest BCUT2D eigenvalue weighted by molar-refractivity contribution is -0.159. The van der Waals surface area contributed by atoms with Crippen LogP contribution in [0.2, 0.25) is 10.0 Å². The summed E-state index contributed by atoms with van der Waals surface area (Å²) in [6.07, 6.45) is 3.95. The minimum absolute atomic E-state index is 0. The maximum absolute atomic E-state index is 13.6. The van der Waals surface area contributed by atoms with Gasteiger partial charge in [-0.1, -0.05) is 47.0 Å². The second kappa shape index (κ2) is 14.7. The average Bonchev–Trinajstić information content (AvgIpc) is 3.44. The van der Waals surface area contributed by atoms with Crippen molar-refractivity contribution in [3.05, 3.63) is 101 Å². The quantitative estimate of drug-likeness (QED) is 0.155. The minimum atomic E-state index is -4.50. The zero-order valence-corrected chi connectivity index (χ0v) is 29.9. The summed E-state index contributed by atoms with van der Waals surface area (Å²) in [6, 6.07) is 19.5. The Labute approximate surface area is 293 Å². The van der Waals surface area contributed by atoms with E-state index >= 15 is 0 Å². The van der Waals surface area contributed by atoms with Gasteiger partial charge in [-0.25, -0.2) is 23.4 Å². The van der Waals surface area contributed by atoms with Crippen LogP contribution in [0, 0.1) is 6.92 Å². The highest BCUT2D eigenvalue weighted by molar-refractivity contribution is 7.92. The number of hydroxylamine groups is 2. The molecular formula is C32H33Cl2N5O8S2. The van der Waals surface area contributed by atoms with Crippen molar-refractivity contribution in [1.82, 2.24) is 19.6 Å². The Balaban J connectivity index is 0.00000541. The summed E-state index contributed by atoms with van der Waals surface area (Å²) in [5.41, 5.74) is 2.45. The first-order valence-corrected chi connectivity index (χ1v) is 18.4. The maximum atomic E-state index is 13.6. The molecule has 1 amide bonds. The lowest BCUT2D eigenvalue weighted by atomic mass is 10.2. The fraction of sp³-hybridized carbons (Fsp3) is 0.219. The average molecular weight is 751 g/mol. The molecule has 49 heavy (non-hydrogen) atoms. The minimum Gasteiger partial charge on any atom is -0.456 e. The van der Waals surface area contributed by atoms with Gasteiger partial charge in [0.15, 0.2) is 15.7 Å². The molecule has 260 valence electrons. The third-order valence-corrected chi connectivity index (χ3v) is 11.3. The van der Waals surface area contributed by atoms with Crippen molar-refractivity contribution in [2.45, 2.75) is 37.0 Å². The topological polar surface area (TPSA) is 181 Å². The summed E-state index contributed by atoms with van der Waals surface area (Å²) in [5.74, 6) is 0.250. The summed E-state index contributed by atoms with van der Waals surface area (Å²) in [5, 5.41) is 4.61. The molecule has 0 bridgehead atoms. The van der Waals surface area contributed by atoms with Gasteiger partial charge in [-0.3, -0.25) is 4.79 Å². The van der Waals surface area contributed by atoms with Crippen LogP contribution in [0.15, 0.2) is 90.2 Å². The molecule has 5 rings (SSSR count). The van der Waals surface area contributed by atoms with Crippen molar-refractivity contribution in [3.63, 3.8) is 0 Å². The van der Waals surface area contributed by atoms with Crippen molar-refractivity contribution in [2.75, 3.05) is 18.1 Å². The number of sulfone groups is 1. The monoisotopic (exact) mass is 749 g/mol. The lowest BCUT2D eigenvalue weighted by Gasteiger charge is -2.29. The Kier molecular flexibility index (Phi) is 11.3. The van der Waals surface area contributed by atoms with E-state index in [2.05, 4.69) is 15.3 Å². The van der Waals surface area contributed by atoms with Gasteiger partial charge in [0.05, 0.1) is 22.0 Å². The number of aromatic nitrogens is 3. The number of rotatable bonds is 12. The molecule has 13 nitrogen and oxygen atoms in total. The second-order valence-electron chi connectivity index (χ2n) is 11.3. The van der Waals surface area contributed by atoms with Gasteiger partial charge in [-0.15, -0.1) is 4.28 Å². The van der Waals surface area contributed by atoms with Crippen LogP contribution in [-0.2, 0) is 35.6 Å². The predicted octanol–water partition coefficient (Wildman–Crippen LogP) is 5.73. The normalized spacial score (nSPS) is 12.0. The number of halogens is 2. The van der Waals surface area contributed by atoms with E-state index in [9.17, 15) is 21.6 Å². The van der Waals surface area contributed by atoms with E-state index in [1.807, 2.05) is 0 Å². The summed E-state index contributed by atoms with van der Waals surface area (Å²) >= 11 is 12.6. The zero-order chi connectivity index (χ0) is 34.9. The smallest absolute Gasteiger partial charge is 0.317 e. The fourth-order valence-corrected chi connectivity index (χ4v) is 6.22. The first kappa shape index (κ1) is 37.6. The van der Waals surface area contributed by atoms with Gasteiger partial charge in [-0.05, 0) is 75.4 Å². The Morgan fingerprint density at radius 1 is 0.980 bits per heavy atom. The molecule has 3 aromatic carbocycles. The van der Waals surface area contributed by atoms with E-state index in [4.69, 9.17) is 32.2 Å². The summed E-state index contributed by atoms with van der Waals surface area (Å²) < 4.78 is 62.4. The van der Waals surface area contributed by atoms with Gasteiger partial charge in [-0.2, -0.15) is 8.42 Å². The van der Waals surface area contributed by atoms with Crippen LogP contribution in [0.5, 0.6) is 11.5 Å². The molecule has 0 aliphatic carbocycles. The third kappa shape index (κ3) is 8.49. The van der Waals surface area contributed by atoms with Gasteiger partial charge in [0.25, 0.3) is 5.91 Å². The van der Waals surface area contributed by atoms with Crippen molar-refractivity contribution in [1.29, 1.82) is 0 Å². The van der Waals surface area contributed by atoms with E-state index < -0.39 is 30.6 Å². The number of carbonyl (C=O) groups is 1. The van der Waals surface area contributed by atoms with Gasteiger partial charge in [0.2, 0.25) is 0 Å². The van der Waals surface area contributed by atoms with Crippen molar-refractivity contribution >= 4 is 71.6 Å². The largest absolute Gasteiger partial charge is 0.456 e. The number of hydrogen-bond donors (Lipinski definition) is 1. The Morgan fingerprint density at radius 3 is 2.35 bits per heavy atom. The molecule has 0 unspecified atom stereocenters. The number of benzene rings is 3. The highest BCUT2D eigenvalue weighted by atomic mass is 35.5. The van der Waals surface area contributed by atoms with Crippen molar-refractivity contribution in [3.8, 4) is 11.5 Å². The third-order valence-electron chi connectivity index (χ3n) is 7.48. The van der Waals surface area contributed by atoms with Crippen LogP contribution in [0.25, 0.3) is 11.0 Å². The van der Waals surface area contributed by atoms with E-state index in [1.54, 1.807) is 78.4 Å². The molecule has 2 aromatic heterocycles. The number of amides is 1. The molecule has 0 fully saturated rings. The molecule has 0 spiro atoms. The standard InChI is InChI=1S/C32H31Cl2N5O7S2.H2O/c1-21-8-11-25(12-9-21)48(43,44)46-39(31(40)32(2,3)47(4,41)42)17-16-38-15-14-27-29(38)30(36-20-35-27)37-23-10-13-28(26(34)19-23)45-24-7-5-6-22(33)18-24;/h5-15,18-20H,16-17H2,1-4H3,(H,35,36,37);1H2. The Morgan fingerprint density at radius 2 is 1.69 bits per heavy atom. The number of ether oxygens (including phenoxy) is 1. The number of aryl methyl sites for hydroxylation is 1. The summed E-state index contributed by atoms with van der Waals surface area (Å²) in [4.78, 5) is 22.1. The van der Waals surface area contributed by atoms with Crippen LogP contribution in [-0.4, -0.2) is 65.4 Å². The molecule has 17 heteroatoms. The number of carbonyl (C=O) groups excluding carboxylic acids is 1. The molecule has 0 radical (unpaired) electrons. The molecule has 2 heterocycles. The molecule has 5 aromatic rings. The number of fused-ring (bicyclic) bond motifs is 1. The number of anilines is 2. The van der Waals surface area contributed by atoms with E-state index in [0.717, 1.165) is 11.8 Å². The molecule has 0 saturated heterocycles. The highest BCUT2D eigenvalue weighted by Crippen LogP contribution is 2.34. The lowest BCUT2D eigenvalue weighted by Crippen LogP contribution is -2.51. The summed E-state index contributed by atoms with van der Waals surface area (Å²) in [6.45, 7) is 3.81. The number of nitrogens with one attached hydrogen (secondary N) is 1. The first-order valence-electron chi connectivity index (χ1n) is 14.4. The molecule has 3 N–H and O–H groups in total. The maximum Gasteiger partial charge on any atom is 0.317 e.